The van der Waals surface area contributed by atoms with Gasteiger partial charge in [-0.25, -0.2) is 0 Å². The first-order valence-electron chi connectivity index (χ1n) is 5.65. The van der Waals surface area contributed by atoms with E-state index < -0.39 is 0 Å². The van der Waals surface area contributed by atoms with E-state index in [0.29, 0.717) is 23.8 Å². The number of rotatable bonds is 6. The van der Waals surface area contributed by atoms with Crippen LogP contribution in [-0.2, 0) is 4.79 Å². The molecule has 0 fully saturated rings. The van der Waals surface area contributed by atoms with Gasteiger partial charge >= 0.3 is 0 Å². The number of hydrazine groups is 1. The van der Waals surface area contributed by atoms with Gasteiger partial charge in [-0.15, -0.1) is 0 Å². The standard InChI is InChI=1S/C13H17ClN2O2/c1-4-8-18-12-7-6-10(9-11(12)14)16(3)15-13(17)5-2/h4,6-7,9H,1,5,8H2,2-3H3,(H,15,17). The van der Waals surface area contributed by atoms with Crippen molar-refractivity contribution < 1.29 is 9.53 Å². The van der Waals surface area contributed by atoms with Gasteiger partial charge in [0.25, 0.3) is 0 Å². The first kappa shape index (κ1) is 14.4. The van der Waals surface area contributed by atoms with E-state index in [1.807, 2.05) is 6.07 Å². The van der Waals surface area contributed by atoms with E-state index in [0.717, 1.165) is 5.69 Å². The van der Waals surface area contributed by atoms with Gasteiger partial charge < -0.3 is 4.74 Å². The summed E-state index contributed by atoms with van der Waals surface area (Å²) in [6, 6.07) is 5.31. The molecule has 4 nitrogen and oxygen atoms in total. The van der Waals surface area contributed by atoms with E-state index in [1.54, 1.807) is 37.2 Å². The number of ether oxygens (including phenoxy) is 1. The normalized spacial score (nSPS) is 9.72. The zero-order valence-corrected chi connectivity index (χ0v) is 11.3. The summed E-state index contributed by atoms with van der Waals surface area (Å²) in [5.41, 5.74) is 3.50. The van der Waals surface area contributed by atoms with Gasteiger partial charge in [-0.05, 0) is 18.2 Å². The van der Waals surface area contributed by atoms with Gasteiger partial charge in [-0.2, -0.15) is 0 Å². The molecule has 18 heavy (non-hydrogen) atoms. The molecular formula is C13H17ClN2O2. The summed E-state index contributed by atoms with van der Waals surface area (Å²) in [7, 11) is 1.75. The first-order chi connectivity index (χ1) is 8.58. The molecule has 0 saturated heterocycles. The number of benzene rings is 1. The van der Waals surface area contributed by atoms with Crippen LogP contribution in [-0.4, -0.2) is 19.6 Å². The highest BCUT2D eigenvalue weighted by Gasteiger charge is 2.07. The smallest absolute Gasteiger partial charge is 0.238 e. The Hall–Kier alpha value is -1.68. The number of anilines is 1. The SMILES string of the molecule is C=CCOc1ccc(N(C)NC(=O)CC)cc1Cl. The number of halogens is 1. The minimum absolute atomic E-state index is 0.0550. The van der Waals surface area contributed by atoms with Crippen molar-refractivity contribution in [3.05, 3.63) is 35.9 Å². The Morgan fingerprint density at radius 1 is 1.61 bits per heavy atom. The molecule has 5 heteroatoms. The van der Waals surface area contributed by atoms with Gasteiger partial charge in [-0.3, -0.25) is 15.2 Å². The fourth-order valence-corrected chi connectivity index (χ4v) is 1.52. The summed E-state index contributed by atoms with van der Waals surface area (Å²) in [5, 5.41) is 2.11. The molecule has 0 aromatic heterocycles. The van der Waals surface area contributed by atoms with Crippen molar-refractivity contribution in [3.63, 3.8) is 0 Å². The van der Waals surface area contributed by atoms with Crippen molar-refractivity contribution in [1.29, 1.82) is 0 Å². The monoisotopic (exact) mass is 268 g/mol. The molecule has 0 aliphatic rings. The van der Waals surface area contributed by atoms with Crippen molar-refractivity contribution in [1.82, 2.24) is 5.43 Å². The van der Waals surface area contributed by atoms with Crippen LogP contribution in [0.25, 0.3) is 0 Å². The third-order valence-corrected chi connectivity index (χ3v) is 2.57. The summed E-state index contributed by atoms with van der Waals surface area (Å²) in [6.07, 6.45) is 2.08. The molecule has 0 radical (unpaired) electrons. The molecule has 1 rings (SSSR count). The lowest BCUT2D eigenvalue weighted by Gasteiger charge is -2.20. The summed E-state index contributed by atoms with van der Waals surface area (Å²) < 4.78 is 5.37. The molecule has 1 aromatic rings. The highest BCUT2D eigenvalue weighted by Crippen LogP contribution is 2.28. The van der Waals surface area contributed by atoms with Crippen molar-refractivity contribution in [2.24, 2.45) is 0 Å². The molecule has 0 unspecified atom stereocenters. The number of amides is 1. The van der Waals surface area contributed by atoms with Gasteiger partial charge in [0.15, 0.2) is 0 Å². The Balaban J connectivity index is 2.76. The zero-order valence-electron chi connectivity index (χ0n) is 10.6. The van der Waals surface area contributed by atoms with E-state index in [2.05, 4.69) is 12.0 Å². The van der Waals surface area contributed by atoms with Crippen LogP contribution in [0, 0.1) is 0 Å². The van der Waals surface area contributed by atoms with E-state index in [1.165, 1.54) is 0 Å². The molecule has 0 atom stereocenters. The average molecular weight is 269 g/mol. The number of nitrogens with zero attached hydrogens (tertiary/aromatic N) is 1. The van der Waals surface area contributed by atoms with Crippen LogP contribution < -0.4 is 15.2 Å². The molecule has 1 amide bonds. The molecule has 0 aliphatic carbocycles. The largest absolute Gasteiger partial charge is 0.488 e. The molecule has 1 aromatic carbocycles. The predicted octanol–water partition coefficient (Wildman–Crippen LogP) is 2.78. The van der Waals surface area contributed by atoms with Crippen LogP contribution >= 0.6 is 11.6 Å². The molecule has 0 bridgehead atoms. The first-order valence-corrected chi connectivity index (χ1v) is 6.02. The molecule has 0 heterocycles. The molecule has 98 valence electrons. The second-order valence-corrected chi connectivity index (χ2v) is 4.07. The Bertz CT molecular complexity index is 435. The number of hydrogen-bond donors (Lipinski definition) is 1. The fraction of sp³-hybridized carbons (Fsp3) is 0.308. The second kappa shape index (κ2) is 6.91. The Labute approximate surface area is 112 Å². The summed E-state index contributed by atoms with van der Waals surface area (Å²) in [4.78, 5) is 11.3. The third kappa shape index (κ3) is 3.96. The van der Waals surface area contributed by atoms with E-state index in [9.17, 15) is 4.79 Å². The van der Waals surface area contributed by atoms with Crippen molar-refractivity contribution >= 4 is 23.2 Å². The molecule has 0 saturated carbocycles. The van der Waals surface area contributed by atoms with Gasteiger partial charge in [-0.1, -0.05) is 31.2 Å². The third-order valence-electron chi connectivity index (χ3n) is 2.27. The molecule has 0 spiro atoms. The number of carbonyl (C=O) groups excluding carboxylic acids is 1. The molecular weight excluding hydrogens is 252 g/mol. The van der Waals surface area contributed by atoms with Crippen LogP contribution in [0.4, 0.5) is 5.69 Å². The zero-order chi connectivity index (χ0) is 13.5. The van der Waals surface area contributed by atoms with Crippen molar-refractivity contribution in [3.8, 4) is 5.75 Å². The minimum atomic E-state index is -0.0550. The van der Waals surface area contributed by atoms with Crippen LogP contribution in [0.1, 0.15) is 13.3 Å². The number of carbonyl (C=O) groups is 1. The lowest BCUT2D eigenvalue weighted by Crippen LogP contribution is -2.38. The minimum Gasteiger partial charge on any atom is -0.488 e. The molecule has 0 aliphatic heterocycles. The lowest BCUT2D eigenvalue weighted by atomic mass is 10.3. The van der Waals surface area contributed by atoms with Crippen LogP contribution in [0.5, 0.6) is 5.75 Å². The number of hydrogen-bond acceptors (Lipinski definition) is 3. The Kier molecular flexibility index (Phi) is 5.52. The average Bonchev–Trinajstić information content (AvgIpc) is 2.37. The van der Waals surface area contributed by atoms with Gasteiger partial charge in [0, 0.05) is 13.5 Å². The topological polar surface area (TPSA) is 41.6 Å². The van der Waals surface area contributed by atoms with Crippen molar-refractivity contribution in [2.75, 3.05) is 18.7 Å². The molecule has 1 N–H and O–H groups in total. The van der Waals surface area contributed by atoms with Crippen LogP contribution in [0.2, 0.25) is 5.02 Å². The van der Waals surface area contributed by atoms with Crippen molar-refractivity contribution in [2.45, 2.75) is 13.3 Å². The van der Waals surface area contributed by atoms with E-state index >= 15 is 0 Å². The lowest BCUT2D eigenvalue weighted by molar-refractivity contribution is -0.120. The number of nitrogens with one attached hydrogen (secondary N) is 1. The summed E-state index contributed by atoms with van der Waals surface area (Å²) in [6.45, 7) is 5.77. The fourth-order valence-electron chi connectivity index (χ4n) is 1.29. The van der Waals surface area contributed by atoms with Crippen LogP contribution in [0.15, 0.2) is 30.9 Å². The quantitative estimate of drug-likeness (QED) is 0.637. The van der Waals surface area contributed by atoms with Crippen LogP contribution in [0.3, 0.4) is 0 Å². The van der Waals surface area contributed by atoms with Gasteiger partial charge in [0.05, 0.1) is 10.7 Å². The highest BCUT2D eigenvalue weighted by molar-refractivity contribution is 6.32. The predicted molar refractivity (Wildman–Crippen MR) is 74.0 cm³/mol. The maximum Gasteiger partial charge on any atom is 0.238 e. The maximum atomic E-state index is 11.3. The summed E-state index contributed by atoms with van der Waals surface area (Å²) >= 11 is 6.08. The van der Waals surface area contributed by atoms with E-state index in [4.69, 9.17) is 16.3 Å². The Morgan fingerprint density at radius 2 is 2.33 bits per heavy atom. The Morgan fingerprint density at radius 3 is 2.89 bits per heavy atom. The van der Waals surface area contributed by atoms with E-state index in [-0.39, 0.29) is 5.91 Å². The van der Waals surface area contributed by atoms with Gasteiger partial charge in [0.2, 0.25) is 5.91 Å². The maximum absolute atomic E-state index is 11.3. The second-order valence-electron chi connectivity index (χ2n) is 3.66. The summed E-state index contributed by atoms with van der Waals surface area (Å²) in [5.74, 6) is 0.538. The van der Waals surface area contributed by atoms with Gasteiger partial charge in [0.1, 0.15) is 12.4 Å². The highest BCUT2D eigenvalue weighted by atomic mass is 35.5.